The maximum atomic E-state index is 12.0. The van der Waals surface area contributed by atoms with Crippen molar-refractivity contribution in [2.24, 2.45) is 11.1 Å². The summed E-state index contributed by atoms with van der Waals surface area (Å²) in [4.78, 5) is 12.0. The summed E-state index contributed by atoms with van der Waals surface area (Å²) in [6, 6.07) is 10.2. The maximum Gasteiger partial charge on any atom is 0.225 e. The van der Waals surface area contributed by atoms with E-state index in [1.54, 1.807) is 0 Å². The van der Waals surface area contributed by atoms with Crippen LogP contribution in [-0.2, 0) is 4.79 Å². The Kier molecular flexibility index (Phi) is 5.35. The lowest BCUT2D eigenvalue weighted by Gasteiger charge is -2.24. The van der Waals surface area contributed by atoms with Crippen molar-refractivity contribution in [1.29, 1.82) is 0 Å². The Morgan fingerprint density at radius 1 is 1.33 bits per heavy atom. The quantitative estimate of drug-likeness (QED) is 0.811. The zero-order valence-electron chi connectivity index (χ0n) is 11.6. The van der Waals surface area contributed by atoms with Gasteiger partial charge in [-0.05, 0) is 24.4 Å². The largest absolute Gasteiger partial charge is 0.355 e. The highest BCUT2D eigenvalue weighted by molar-refractivity contribution is 5.81. The Morgan fingerprint density at radius 3 is 2.50 bits per heavy atom. The average molecular weight is 248 g/mol. The van der Waals surface area contributed by atoms with Crippen molar-refractivity contribution < 1.29 is 4.79 Å². The molecule has 1 aromatic rings. The van der Waals surface area contributed by atoms with Gasteiger partial charge < -0.3 is 11.1 Å². The van der Waals surface area contributed by atoms with Gasteiger partial charge in [0.05, 0.1) is 0 Å². The van der Waals surface area contributed by atoms with E-state index < -0.39 is 0 Å². The van der Waals surface area contributed by atoms with Crippen LogP contribution in [0, 0.1) is 5.41 Å². The van der Waals surface area contributed by atoms with Gasteiger partial charge in [-0.2, -0.15) is 0 Å². The van der Waals surface area contributed by atoms with Crippen LogP contribution in [0.5, 0.6) is 0 Å². The van der Waals surface area contributed by atoms with Gasteiger partial charge in [0, 0.05) is 12.0 Å². The fraction of sp³-hybridized carbons (Fsp3) is 0.533. The SMILES string of the molecule is CC(CNC(=O)C(C)(C)CCN)c1ccccc1. The minimum Gasteiger partial charge on any atom is -0.355 e. The molecular weight excluding hydrogens is 224 g/mol. The molecule has 0 radical (unpaired) electrons. The van der Waals surface area contributed by atoms with E-state index in [4.69, 9.17) is 5.73 Å². The van der Waals surface area contributed by atoms with E-state index in [1.807, 2.05) is 32.0 Å². The van der Waals surface area contributed by atoms with Crippen LogP contribution in [0.15, 0.2) is 30.3 Å². The minimum absolute atomic E-state index is 0.0794. The van der Waals surface area contributed by atoms with Crippen molar-refractivity contribution in [2.45, 2.75) is 33.1 Å². The first kappa shape index (κ1) is 14.7. The summed E-state index contributed by atoms with van der Waals surface area (Å²) < 4.78 is 0. The van der Waals surface area contributed by atoms with E-state index in [9.17, 15) is 4.79 Å². The standard InChI is InChI=1S/C15H24N2O/c1-12(13-7-5-4-6-8-13)11-17-14(18)15(2,3)9-10-16/h4-8,12H,9-11,16H2,1-3H3,(H,17,18). The summed E-state index contributed by atoms with van der Waals surface area (Å²) in [5.74, 6) is 0.402. The van der Waals surface area contributed by atoms with E-state index in [0.717, 1.165) is 0 Å². The zero-order valence-corrected chi connectivity index (χ0v) is 11.6. The summed E-state index contributed by atoms with van der Waals surface area (Å²) in [5, 5.41) is 3.01. The lowest BCUT2D eigenvalue weighted by Crippen LogP contribution is -2.39. The second kappa shape index (κ2) is 6.55. The fourth-order valence-electron chi connectivity index (χ4n) is 1.86. The summed E-state index contributed by atoms with van der Waals surface area (Å²) in [6.07, 6.45) is 0.707. The Bertz CT molecular complexity index is 373. The van der Waals surface area contributed by atoms with Gasteiger partial charge in [0.2, 0.25) is 5.91 Å². The summed E-state index contributed by atoms with van der Waals surface area (Å²) in [6.45, 7) is 7.18. The third kappa shape index (κ3) is 4.15. The lowest BCUT2D eigenvalue weighted by molar-refractivity contribution is -0.129. The molecule has 3 N–H and O–H groups in total. The number of rotatable bonds is 6. The molecule has 0 aliphatic heterocycles. The first-order valence-electron chi connectivity index (χ1n) is 6.50. The van der Waals surface area contributed by atoms with Crippen molar-refractivity contribution >= 4 is 5.91 Å². The molecule has 3 heteroatoms. The molecule has 0 aliphatic rings. The van der Waals surface area contributed by atoms with Crippen LogP contribution in [0.2, 0.25) is 0 Å². The smallest absolute Gasteiger partial charge is 0.225 e. The van der Waals surface area contributed by atoms with Crippen molar-refractivity contribution in [3.63, 3.8) is 0 Å². The van der Waals surface area contributed by atoms with Crippen LogP contribution in [-0.4, -0.2) is 19.0 Å². The predicted molar refractivity (Wildman–Crippen MR) is 75.3 cm³/mol. The molecule has 0 aromatic heterocycles. The van der Waals surface area contributed by atoms with Crippen LogP contribution >= 0.6 is 0 Å². The van der Waals surface area contributed by atoms with E-state index in [1.165, 1.54) is 5.56 Å². The Labute approximate surface area is 110 Å². The number of benzene rings is 1. The molecule has 1 rings (SSSR count). The number of amides is 1. The van der Waals surface area contributed by atoms with Gasteiger partial charge in [-0.25, -0.2) is 0 Å². The second-order valence-corrected chi connectivity index (χ2v) is 5.44. The van der Waals surface area contributed by atoms with E-state index in [0.29, 0.717) is 25.4 Å². The predicted octanol–water partition coefficient (Wildman–Crippen LogP) is 2.28. The number of carbonyl (C=O) groups is 1. The fourth-order valence-corrected chi connectivity index (χ4v) is 1.86. The van der Waals surface area contributed by atoms with Gasteiger partial charge in [-0.15, -0.1) is 0 Å². The molecule has 3 nitrogen and oxygen atoms in total. The van der Waals surface area contributed by atoms with Crippen molar-refractivity contribution in [3.8, 4) is 0 Å². The number of nitrogens with two attached hydrogens (primary N) is 1. The second-order valence-electron chi connectivity index (χ2n) is 5.44. The molecule has 0 heterocycles. The molecule has 0 aliphatic carbocycles. The highest BCUT2D eigenvalue weighted by Gasteiger charge is 2.26. The zero-order chi connectivity index (χ0) is 13.6. The molecule has 1 aromatic carbocycles. The number of hydrogen-bond acceptors (Lipinski definition) is 2. The molecule has 0 saturated heterocycles. The van der Waals surface area contributed by atoms with Crippen LogP contribution in [0.1, 0.15) is 38.7 Å². The average Bonchev–Trinajstić information content (AvgIpc) is 2.36. The summed E-state index contributed by atoms with van der Waals surface area (Å²) >= 11 is 0. The van der Waals surface area contributed by atoms with Crippen molar-refractivity contribution in [1.82, 2.24) is 5.32 Å². The van der Waals surface area contributed by atoms with E-state index in [-0.39, 0.29) is 11.3 Å². The molecule has 0 fully saturated rings. The normalized spacial score (nSPS) is 13.1. The number of carbonyl (C=O) groups excluding carboxylic acids is 1. The third-order valence-electron chi connectivity index (χ3n) is 3.32. The van der Waals surface area contributed by atoms with Crippen molar-refractivity contribution in [2.75, 3.05) is 13.1 Å². The molecular formula is C15H24N2O. The Balaban J connectivity index is 2.48. The minimum atomic E-state index is -0.384. The monoisotopic (exact) mass is 248 g/mol. The molecule has 1 atom stereocenters. The van der Waals surface area contributed by atoms with Gasteiger partial charge in [0.15, 0.2) is 0 Å². The van der Waals surface area contributed by atoms with Gasteiger partial charge in [-0.3, -0.25) is 4.79 Å². The highest BCUT2D eigenvalue weighted by atomic mass is 16.2. The van der Waals surface area contributed by atoms with Gasteiger partial charge >= 0.3 is 0 Å². The third-order valence-corrected chi connectivity index (χ3v) is 3.32. The lowest BCUT2D eigenvalue weighted by atomic mass is 9.88. The first-order chi connectivity index (χ1) is 8.47. The van der Waals surface area contributed by atoms with Crippen LogP contribution in [0.4, 0.5) is 0 Å². The van der Waals surface area contributed by atoms with Gasteiger partial charge in [0.25, 0.3) is 0 Å². The van der Waals surface area contributed by atoms with Crippen LogP contribution in [0.3, 0.4) is 0 Å². The molecule has 1 unspecified atom stereocenters. The highest BCUT2D eigenvalue weighted by Crippen LogP contribution is 2.20. The van der Waals surface area contributed by atoms with Gasteiger partial charge in [0.1, 0.15) is 0 Å². The Hall–Kier alpha value is -1.35. The number of hydrogen-bond donors (Lipinski definition) is 2. The van der Waals surface area contributed by atoms with Crippen molar-refractivity contribution in [3.05, 3.63) is 35.9 Å². The van der Waals surface area contributed by atoms with E-state index >= 15 is 0 Å². The van der Waals surface area contributed by atoms with Crippen LogP contribution < -0.4 is 11.1 Å². The van der Waals surface area contributed by atoms with Crippen LogP contribution in [0.25, 0.3) is 0 Å². The molecule has 0 bridgehead atoms. The first-order valence-corrected chi connectivity index (χ1v) is 6.50. The molecule has 0 spiro atoms. The van der Waals surface area contributed by atoms with E-state index in [2.05, 4.69) is 24.4 Å². The topological polar surface area (TPSA) is 55.1 Å². The number of nitrogens with one attached hydrogen (secondary N) is 1. The maximum absolute atomic E-state index is 12.0. The Morgan fingerprint density at radius 2 is 1.94 bits per heavy atom. The molecule has 0 saturated carbocycles. The summed E-state index contributed by atoms with van der Waals surface area (Å²) in [5.41, 5.74) is 6.38. The van der Waals surface area contributed by atoms with Gasteiger partial charge in [-0.1, -0.05) is 51.1 Å². The summed E-state index contributed by atoms with van der Waals surface area (Å²) in [7, 11) is 0. The molecule has 100 valence electrons. The molecule has 18 heavy (non-hydrogen) atoms. The molecule has 1 amide bonds.